The number of H-pyrrole nitrogens is 1. The molecule has 0 saturated carbocycles. The molecule has 0 spiro atoms. The van der Waals surface area contributed by atoms with Gasteiger partial charge in [0.15, 0.2) is 5.82 Å². The summed E-state index contributed by atoms with van der Waals surface area (Å²) in [4.78, 5) is 4.18. The number of nitrogens with zero attached hydrogens (tertiary/aromatic N) is 2. The van der Waals surface area contributed by atoms with E-state index >= 15 is 0 Å². The maximum absolute atomic E-state index is 5.84. The van der Waals surface area contributed by atoms with Crippen molar-refractivity contribution in [2.45, 2.75) is 5.88 Å². The standard InChI is InChI=1S/C9H7Cl2N3/c10-5-8-12-9(14-13-8)6-2-1-3-7(11)4-6/h1-4H,5H2,(H,12,13,14). The van der Waals surface area contributed by atoms with Crippen molar-refractivity contribution in [1.82, 2.24) is 15.2 Å². The first-order valence-corrected chi connectivity index (χ1v) is 4.94. The van der Waals surface area contributed by atoms with E-state index in [-0.39, 0.29) is 0 Å². The average Bonchev–Trinajstić information content (AvgIpc) is 2.66. The van der Waals surface area contributed by atoms with Crippen LogP contribution in [-0.4, -0.2) is 15.2 Å². The lowest BCUT2D eigenvalue weighted by atomic mass is 10.2. The van der Waals surface area contributed by atoms with Crippen molar-refractivity contribution in [2.75, 3.05) is 0 Å². The van der Waals surface area contributed by atoms with Crippen molar-refractivity contribution >= 4 is 23.2 Å². The smallest absolute Gasteiger partial charge is 0.181 e. The van der Waals surface area contributed by atoms with Crippen molar-refractivity contribution < 1.29 is 0 Å². The van der Waals surface area contributed by atoms with Gasteiger partial charge in [0.25, 0.3) is 0 Å². The Hall–Kier alpha value is -1.06. The van der Waals surface area contributed by atoms with Crippen LogP contribution in [0.15, 0.2) is 24.3 Å². The Balaban J connectivity index is 2.39. The fraction of sp³-hybridized carbons (Fsp3) is 0.111. The van der Waals surface area contributed by atoms with E-state index in [0.717, 1.165) is 5.56 Å². The van der Waals surface area contributed by atoms with Gasteiger partial charge in [-0.05, 0) is 12.1 Å². The van der Waals surface area contributed by atoms with Crippen LogP contribution in [0.2, 0.25) is 5.02 Å². The van der Waals surface area contributed by atoms with Gasteiger partial charge < -0.3 is 0 Å². The number of alkyl halides is 1. The van der Waals surface area contributed by atoms with Crippen molar-refractivity contribution in [1.29, 1.82) is 0 Å². The molecule has 0 aliphatic heterocycles. The van der Waals surface area contributed by atoms with Gasteiger partial charge in [-0.2, -0.15) is 5.10 Å². The van der Waals surface area contributed by atoms with Crippen LogP contribution in [0.3, 0.4) is 0 Å². The predicted octanol–water partition coefficient (Wildman–Crippen LogP) is 2.86. The van der Waals surface area contributed by atoms with Crippen LogP contribution in [0.5, 0.6) is 0 Å². The minimum atomic E-state index is 0.327. The van der Waals surface area contributed by atoms with E-state index in [4.69, 9.17) is 23.2 Å². The lowest BCUT2D eigenvalue weighted by Gasteiger charge is -1.94. The zero-order chi connectivity index (χ0) is 9.97. The predicted molar refractivity (Wildman–Crippen MR) is 56.4 cm³/mol. The normalized spacial score (nSPS) is 10.4. The molecule has 1 aromatic heterocycles. The van der Waals surface area contributed by atoms with Crippen LogP contribution < -0.4 is 0 Å². The molecule has 2 rings (SSSR count). The maximum Gasteiger partial charge on any atom is 0.181 e. The monoisotopic (exact) mass is 227 g/mol. The molecule has 14 heavy (non-hydrogen) atoms. The molecular weight excluding hydrogens is 221 g/mol. The summed E-state index contributed by atoms with van der Waals surface area (Å²) in [6.45, 7) is 0. The number of rotatable bonds is 2. The largest absolute Gasteiger partial charge is 0.262 e. The second-order valence-electron chi connectivity index (χ2n) is 2.75. The van der Waals surface area contributed by atoms with Crippen molar-refractivity contribution in [2.24, 2.45) is 0 Å². The molecule has 5 heteroatoms. The van der Waals surface area contributed by atoms with Gasteiger partial charge >= 0.3 is 0 Å². The van der Waals surface area contributed by atoms with Crippen LogP contribution >= 0.6 is 23.2 Å². The number of hydrogen-bond donors (Lipinski definition) is 1. The summed E-state index contributed by atoms with van der Waals surface area (Å²) in [5.74, 6) is 1.60. The summed E-state index contributed by atoms with van der Waals surface area (Å²) < 4.78 is 0. The lowest BCUT2D eigenvalue weighted by Crippen LogP contribution is -1.81. The molecule has 0 bridgehead atoms. The van der Waals surface area contributed by atoms with E-state index in [1.807, 2.05) is 18.2 Å². The average molecular weight is 228 g/mol. The zero-order valence-corrected chi connectivity index (χ0v) is 8.68. The van der Waals surface area contributed by atoms with Gasteiger partial charge in [0.2, 0.25) is 0 Å². The first-order chi connectivity index (χ1) is 6.79. The quantitative estimate of drug-likeness (QED) is 0.803. The number of hydrogen-bond acceptors (Lipinski definition) is 2. The number of aromatic nitrogens is 3. The lowest BCUT2D eigenvalue weighted by molar-refractivity contribution is 1.02. The fourth-order valence-electron chi connectivity index (χ4n) is 1.11. The topological polar surface area (TPSA) is 41.6 Å². The summed E-state index contributed by atoms with van der Waals surface area (Å²) in [5.41, 5.74) is 0.880. The molecule has 1 heterocycles. The highest BCUT2D eigenvalue weighted by Gasteiger charge is 2.04. The van der Waals surface area contributed by atoms with Crippen molar-refractivity contribution in [3.63, 3.8) is 0 Å². The Kier molecular flexibility index (Phi) is 2.70. The van der Waals surface area contributed by atoms with Gasteiger partial charge in [0.05, 0.1) is 5.88 Å². The van der Waals surface area contributed by atoms with Gasteiger partial charge in [-0.15, -0.1) is 11.6 Å². The number of benzene rings is 1. The molecule has 0 amide bonds. The van der Waals surface area contributed by atoms with Crippen molar-refractivity contribution in [3.05, 3.63) is 35.1 Å². The number of nitrogens with one attached hydrogen (secondary N) is 1. The van der Waals surface area contributed by atoms with E-state index in [1.165, 1.54) is 0 Å². The molecule has 72 valence electrons. The van der Waals surface area contributed by atoms with Gasteiger partial charge in [-0.1, -0.05) is 23.7 Å². The molecular formula is C9H7Cl2N3. The first kappa shape index (κ1) is 9.49. The van der Waals surface area contributed by atoms with Crippen LogP contribution in [0.4, 0.5) is 0 Å². The molecule has 0 fully saturated rings. The van der Waals surface area contributed by atoms with Crippen LogP contribution in [0.1, 0.15) is 5.82 Å². The third-order valence-corrected chi connectivity index (χ3v) is 2.23. The second kappa shape index (κ2) is 3.98. The van der Waals surface area contributed by atoms with Crippen LogP contribution in [0, 0.1) is 0 Å². The Bertz CT molecular complexity index is 439. The van der Waals surface area contributed by atoms with Crippen molar-refractivity contribution in [3.8, 4) is 11.4 Å². The molecule has 1 N–H and O–H groups in total. The SMILES string of the molecule is ClCc1nc(-c2cccc(Cl)c2)n[nH]1. The van der Waals surface area contributed by atoms with Gasteiger partial charge in [0, 0.05) is 10.6 Å². The Labute approximate surface area is 91.1 Å². The fourth-order valence-corrected chi connectivity index (χ4v) is 1.42. The summed E-state index contributed by atoms with van der Waals surface area (Å²) in [7, 11) is 0. The Morgan fingerprint density at radius 2 is 2.21 bits per heavy atom. The first-order valence-electron chi connectivity index (χ1n) is 4.03. The summed E-state index contributed by atoms with van der Waals surface area (Å²) >= 11 is 11.4. The Morgan fingerprint density at radius 1 is 1.36 bits per heavy atom. The summed E-state index contributed by atoms with van der Waals surface area (Å²) in [5, 5.41) is 7.42. The van der Waals surface area contributed by atoms with E-state index in [2.05, 4.69) is 15.2 Å². The van der Waals surface area contributed by atoms with E-state index in [1.54, 1.807) is 6.07 Å². The second-order valence-corrected chi connectivity index (χ2v) is 3.45. The van der Waals surface area contributed by atoms with Gasteiger partial charge in [-0.3, -0.25) is 5.10 Å². The zero-order valence-electron chi connectivity index (χ0n) is 7.17. The van der Waals surface area contributed by atoms with Crippen LogP contribution in [-0.2, 0) is 5.88 Å². The highest BCUT2D eigenvalue weighted by atomic mass is 35.5. The molecule has 0 atom stereocenters. The highest BCUT2D eigenvalue weighted by Crippen LogP contribution is 2.19. The molecule has 0 radical (unpaired) electrons. The molecule has 3 nitrogen and oxygen atoms in total. The van der Waals surface area contributed by atoms with Crippen LogP contribution in [0.25, 0.3) is 11.4 Å². The third-order valence-electron chi connectivity index (χ3n) is 1.74. The molecule has 0 unspecified atom stereocenters. The van der Waals surface area contributed by atoms with Gasteiger partial charge in [-0.25, -0.2) is 4.98 Å². The van der Waals surface area contributed by atoms with Gasteiger partial charge in [0.1, 0.15) is 5.82 Å². The molecule has 0 aliphatic carbocycles. The maximum atomic E-state index is 5.84. The Morgan fingerprint density at radius 3 is 2.86 bits per heavy atom. The van der Waals surface area contributed by atoms with E-state index in [0.29, 0.717) is 22.6 Å². The summed E-state index contributed by atoms with van der Waals surface area (Å²) in [6, 6.07) is 7.37. The molecule has 1 aromatic carbocycles. The minimum absolute atomic E-state index is 0.327. The van der Waals surface area contributed by atoms with E-state index < -0.39 is 0 Å². The minimum Gasteiger partial charge on any atom is -0.262 e. The third kappa shape index (κ3) is 1.89. The highest BCUT2D eigenvalue weighted by molar-refractivity contribution is 6.30. The molecule has 2 aromatic rings. The number of halogens is 2. The molecule has 0 saturated heterocycles. The summed E-state index contributed by atoms with van der Waals surface area (Å²) in [6.07, 6.45) is 0. The van der Waals surface area contributed by atoms with E-state index in [9.17, 15) is 0 Å². The molecule has 0 aliphatic rings. The number of aromatic amines is 1.